The molecule has 2 heterocycles. The summed E-state index contributed by atoms with van der Waals surface area (Å²) in [7, 11) is -3.59. The number of aromatic nitrogens is 1. The Hall–Kier alpha value is -2.45. The third-order valence-electron chi connectivity index (χ3n) is 4.74. The van der Waals surface area contributed by atoms with Crippen molar-refractivity contribution in [1.29, 1.82) is 0 Å². The SMILES string of the molecule is O=C(Nc1ccc(N2CCCC2)nc1)c1cccc(S(=O)(=O)NC2CC2)c1. The second-order valence-corrected chi connectivity index (χ2v) is 8.69. The number of sulfonamides is 1. The fraction of sp³-hybridized carbons (Fsp3) is 0.368. The van der Waals surface area contributed by atoms with E-state index in [4.69, 9.17) is 0 Å². The van der Waals surface area contributed by atoms with Crippen LogP contribution in [-0.2, 0) is 10.0 Å². The molecule has 2 fully saturated rings. The zero-order chi connectivity index (χ0) is 18.9. The molecule has 0 unspecified atom stereocenters. The molecular weight excluding hydrogens is 364 g/mol. The third-order valence-corrected chi connectivity index (χ3v) is 6.26. The van der Waals surface area contributed by atoms with E-state index in [1.807, 2.05) is 12.1 Å². The Balaban J connectivity index is 1.45. The molecule has 1 aliphatic heterocycles. The number of carbonyl (C=O) groups is 1. The van der Waals surface area contributed by atoms with Crippen LogP contribution in [0.2, 0.25) is 0 Å². The van der Waals surface area contributed by atoms with Gasteiger partial charge in [-0.3, -0.25) is 4.79 Å². The van der Waals surface area contributed by atoms with Gasteiger partial charge in [-0.2, -0.15) is 0 Å². The Morgan fingerprint density at radius 2 is 1.89 bits per heavy atom. The van der Waals surface area contributed by atoms with Gasteiger partial charge < -0.3 is 10.2 Å². The summed E-state index contributed by atoms with van der Waals surface area (Å²) in [5.74, 6) is 0.541. The lowest BCUT2D eigenvalue weighted by molar-refractivity contribution is 0.102. The third kappa shape index (κ3) is 4.28. The van der Waals surface area contributed by atoms with Gasteiger partial charge in [0, 0.05) is 24.7 Å². The van der Waals surface area contributed by atoms with Crippen molar-refractivity contribution in [3.63, 3.8) is 0 Å². The van der Waals surface area contributed by atoms with Crippen LogP contribution in [0.5, 0.6) is 0 Å². The normalized spacial score (nSPS) is 17.1. The van der Waals surface area contributed by atoms with Crippen molar-refractivity contribution in [3.8, 4) is 0 Å². The van der Waals surface area contributed by atoms with Crippen molar-refractivity contribution in [3.05, 3.63) is 48.2 Å². The average molecular weight is 386 g/mol. The Morgan fingerprint density at radius 1 is 1.11 bits per heavy atom. The number of hydrogen-bond acceptors (Lipinski definition) is 5. The minimum Gasteiger partial charge on any atom is -0.357 e. The topological polar surface area (TPSA) is 91.4 Å². The molecule has 0 atom stereocenters. The van der Waals surface area contributed by atoms with Crippen LogP contribution in [0, 0.1) is 0 Å². The van der Waals surface area contributed by atoms with Crippen molar-refractivity contribution in [2.24, 2.45) is 0 Å². The zero-order valence-electron chi connectivity index (χ0n) is 14.9. The van der Waals surface area contributed by atoms with Crippen molar-refractivity contribution < 1.29 is 13.2 Å². The molecule has 1 saturated heterocycles. The highest BCUT2D eigenvalue weighted by Gasteiger charge is 2.28. The van der Waals surface area contributed by atoms with Crippen LogP contribution < -0.4 is 14.9 Å². The van der Waals surface area contributed by atoms with Crippen LogP contribution in [0.3, 0.4) is 0 Å². The van der Waals surface area contributed by atoms with Gasteiger partial charge in [0.15, 0.2) is 0 Å². The van der Waals surface area contributed by atoms with E-state index in [0.717, 1.165) is 31.7 Å². The van der Waals surface area contributed by atoms with E-state index in [1.165, 1.54) is 25.0 Å². The maximum atomic E-state index is 12.5. The van der Waals surface area contributed by atoms with Gasteiger partial charge in [-0.05, 0) is 56.0 Å². The Morgan fingerprint density at radius 3 is 2.56 bits per heavy atom. The summed E-state index contributed by atoms with van der Waals surface area (Å²) < 4.78 is 27.3. The first kappa shape index (κ1) is 17.9. The molecule has 8 heteroatoms. The largest absolute Gasteiger partial charge is 0.357 e. The molecule has 0 spiro atoms. The molecule has 142 valence electrons. The van der Waals surface area contributed by atoms with Gasteiger partial charge in [0.05, 0.1) is 16.8 Å². The van der Waals surface area contributed by atoms with E-state index in [0.29, 0.717) is 5.69 Å². The lowest BCUT2D eigenvalue weighted by Crippen LogP contribution is -2.26. The first-order chi connectivity index (χ1) is 13.0. The van der Waals surface area contributed by atoms with E-state index in [-0.39, 0.29) is 22.4 Å². The molecule has 2 N–H and O–H groups in total. The number of amides is 1. The Labute approximate surface area is 158 Å². The average Bonchev–Trinajstić information content (AvgIpc) is 3.30. The van der Waals surface area contributed by atoms with E-state index in [9.17, 15) is 13.2 Å². The molecule has 1 amide bonds. The molecule has 1 aromatic heterocycles. The molecule has 1 saturated carbocycles. The first-order valence-electron chi connectivity index (χ1n) is 9.16. The lowest BCUT2D eigenvalue weighted by atomic mass is 10.2. The fourth-order valence-corrected chi connectivity index (χ4v) is 4.44. The van der Waals surface area contributed by atoms with Gasteiger partial charge >= 0.3 is 0 Å². The summed E-state index contributed by atoms with van der Waals surface area (Å²) in [4.78, 5) is 19.2. The van der Waals surface area contributed by atoms with Crippen molar-refractivity contribution in [2.75, 3.05) is 23.3 Å². The van der Waals surface area contributed by atoms with Crippen LogP contribution in [0.15, 0.2) is 47.5 Å². The van der Waals surface area contributed by atoms with Crippen LogP contribution >= 0.6 is 0 Å². The molecule has 4 rings (SSSR count). The number of benzene rings is 1. The van der Waals surface area contributed by atoms with Gasteiger partial charge in [-0.25, -0.2) is 18.1 Å². The summed E-state index contributed by atoms with van der Waals surface area (Å²) in [6, 6.07) is 9.78. The van der Waals surface area contributed by atoms with E-state index in [2.05, 4.69) is 19.9 Å². The number of pyridine rings is 1. The lowest BCUT2D eigenvalue weighted by Gasteiger charge is -2.16. The molecule has 27 heavy (non-hydrogen) atoms. The first-order valence-corrected chi connectivity index (χ1v) is 10.6. The van der Waals surface area contributed by atoms with Crippen LogP contribution in [0.1, 0.15) is 36.0 Å². The van der Waals surface area contributed by atoms with Gasteiger partial charge in [0.2, 0.25) is 10.0 Å². The highest BCUT2D eigenvalue weighted by molar-refractivity contribution is 7.89. The number of nitrogens with one attached hydrogen (secondary N) is 2. The van der Waals surface area contributed by atoms with Gasteiger partial charge in [-0.1, -0.05) is 6.07 Å². The highest BCUT2D eigenvalue weighted by atomic mass is 32.2. The van der Waals surface area contributed by atoms with E-state index < -0.39 is 10.0 Å². The quantitative estimate of drug-likeness (QED) is 0.795. The summed E-state index contributed by atoms with van der Waals surface area (Å²) in [6.07, 6.45) is 5.70. The van der Waals surface area contributed by atoms with Gasteiger partial charge in [-0.15, -0.1) is 0 Å². The number of rotatable bonds is 6. The monoisotopic (exact) mass is 386 g/mol. The van der Waals surface area contributed by atoms with Crippen LogP contribution in [-0.4, -0.2) is 38.4 Å². The maximum Gasteiger partial charge on any atom is 0.255 e. The number of hydrogen-bond donors (Lipinski definition) is 2. The molecule has 2 aromatic rings. The van der Waals surface area contributed by atoms with Crippen molar-refractivity contribution in [2.45, 2.75) is 36.6 Å². The smallest absolute Gasteiger partial charge is 0.255 e. The molecule has 7 nitrogen and oxygen atoms in total. The highest BCUT2D eigenvalue weighted by Crippen LogP contribution is 2.23. The summed E-state index contributed by atoms with van der Waals surface area (Å²) in [5, 5.41) is 2.77. The molecule has 1 aromatic carbocycles. The number of carbonyl (C=O) groups excluding carboxylic acids is 1. The number of nitrogens with zero attached hydrogens (tertiary/aromatic N) is 2. The molecular formula is C19H22N4O3S. The molecule has 2 aliphatic rings. The van der Waals surface area contributed by atoms with E-state index in [1.54, 1.807) is 18.3 Å². The second kappa shape index (κ2) is 7.28. The molecule has 0 radical (unpaired) electrons. The molecule has 0 bridgehead atoms. The van der Waals surface area contributed by atoms with Gasteiger partial charge in [0.25, 0.3) is 5.91 Å². The second-order valence-electron chi connectivity index (χ2n) is 6.98. The summed E-state index contributed by atoms with van der Waals surface area (Å²) in [6.45, 7) is 2.02. The van der Waals surface area contributed by atoms with Crippen LogP contribution in [0.25, 0.3) is 0 Å². The minimum atomic E-state index is -3.59. The maximum absolute atomic E-state index is 12.5. The fourth-order valence-electron chi connectivity index (χ4n) is 3.09. The summed E-state index contributed by atoms with van der Waals surface area (Å²) in [5.41, 5.74) is 0.865. The van der Waals surface area contributed by atoms with Crippen molar-refractivity contribution in [1.82, 2.24) is 9.71 Å². The standard InChI is InChI=1S/C19H22N4O3S/c24-19(21-16-8-9-18(20-13-16)23-10-1-2-11-23)14-4-3-5-17(12-14)27(25,26)22-15-6-7-15/h3-5,8-9,12-13,15,22H,1-2,6-7,10-11H2,(H,21,24). The molecule has 1 aliphatic carbocycles. The van der Waals surface area contributed by atoms with Gasteiger partial charge in [0.1, 0.15) is 5.82 Å². The number of anilines is 2. The predicted molar refractivity (Wildman–Crippen MR) is 103 cm³/mol. The van der Waals surface area contributed by atoms with E-state index >= 15 is 0 Å². The minimum absolute atomic E-state index is 0.0210. The Bertz CT molecular complexity index is 934. The summed E-state index contributed by atoms with van der Waals surface area (Å²) >= 11 is 0. The van der Waals surface area contributed by atoms with Crippen LogP contribution in [0.4, 0.5) is 11.5 Å². The van der Waals surface area contributed by atoms with Crippen molar-refractivity contribution >= 4 is 27.4 Å². The zero-order valence-corrected chi connectivity index (χ0v) is 15.7. The predicted octanol–water partition coefficient (Wildman–Crippen LogP) is 2.37. The Kier molecular flexibility index (Phi) is 4.84.